The number of nitrogens with one attached hydrogen (secondary N) is 2. The standard InChI is InChI=1S/C12H10N4.C10H9N7O/c13-8-16-6-10-11(7-16)14-15-12(10)9-4-2-1-3-5-9;11-5-16-3-6-2-13-17(8(6)4-16)9-1-7(10(12)18)14-15-9/h1-5H,6-7H2,(H,14,15);1-2H,3-4H2,(H2,12,18)(H,14,15). The van der Waals surface area contributed by atoms with Gasteiger partial charge in [-0.2, -0.15) is 25.8 Å². The average molecular weight is 453 g/mol. The molecule has 0 saturated carbocycles. The highest BCUT2D eigenvalue weighted by Crippen LogP contribution is 2.29. The molecule has 0 radical (unpaired) electrons. The van der Waals surface area contributed by atoms with Crippen LogP contribution in [0.1, 0.15) is 33.0 Å². The van der Waals surface area contributed by atoms with Crippen LogP contribution in [0.25, 0.3) is 17.1 Å². The van der Waals surface area contributed by atoms with Gasteiger partial charge < -0.3 is 15.5 Å². The lowest BCUT2D eigenvalue weighted by Gasteiger charge is -2.05. The number of nitrogens with two attached hydrogens (primary N) is 1. The highest BCUT2D eigenvalue weighted by atomic mass is 16.1. The molecule has 6 rings (SSSR count). The van der Waals surface area contributed by atoms with Gasteiger partial charge >= 0.3 is 0 Å². The maximum atomic E-state index is 11.0. The third-order valence-corrected chi connectivity index (χ3v) is 5.68. The summed E-state index contributed by atoms with van der Waals surface area (Å²) in [5.74, 6) is -0.0372. The van der Waals surface area contributed by atoms with E-state index in [1.807, 2.05) is 30.3 Å². The number of nitrogens with zero attached hydrogens (tertiary/aromatic N) is 8. The molecule has 12 nitrogen and oxygen atoms in total. The van der Waals surface area contributed by atoms with Crippen molar-refractivity contribution in [2.24, 2.45) is 5.73 Å². The van der Waals surface area contributed by atoms with Crippen LogP contribution in [0.4, 0.5) is 0 Å². The first kappa shape index (κ1) is 20.8. The molecule has 1 aromatic carbocycles. The molecule has 0 fully saturated rings. The Hall–Kier alpha value is -5.10. The summed E-state index contributed by atoms with van der Waals surface area (Å²) in [6.45, 7) is 2.36. The van der Waals surface area contributed by atoms with Crippen LogP contribution >= 0.6 is 0 Å². The predicted molar refractivity (Wildman–Crippen MR) is 118 cm³/mol. The summed E-state index contributed by atoms with van der Waals surface area (Å²) >= 11 is 0. The smallest absolute Gasteiger partial charge is 0.269 e. The van der Waals surface area contributed by atoms with E-state index < -0.39 is 5.91 Å². The number of rotatable bonds is 3. The summed E-state index contributed by atoms with van der Waals surface area (Å²) < 4.78 is 1.63. The lowest BCUT2D eigenvalue weighted by Crippen LogP contribution is -2.11. The zero-order chi connectivity index (χ0) is 23.7. The van der Waals surface area contributed by atoms with E-state index >= 15 is 0 Å². The number of carbonyl (C=O) groups excluding carboxylic acids is 1. The molecule has 0 saturated heterocycles. The number of carbonyl (C=O) groups is 1. The van der Waals surface area contributed by atoms with E-state index in [4.69, 9.17) is 16.3 Å². The van der Waals surface area contributed by atoms with Crippen LogP contribution in [0.2, 0.25) is 0 Å². The Labute approximate surface area is 193 Å². The fourth-order valence-electron chi connectivity index (χ4n) is 4.02. The van der Waals surface area contributed by atoms with Gasteiger partial charge in [-0.25, -0.2) is 4.68 Å². The molecule has 34 heavy (non-hydrogen) atoms. The van der Waals surface area contributed by atoms with Crippen molar-refractivity contribution >= 4 is 5.91 Å². The third-order valence-electron chi connectivity index (χ3n) is 5.68. The van der Waals surface area contributed by atoms with Gasteiger partial charge in [-0.1, -0.05) is 30.3 Å². The van der Waals surface area contributed by atoms with E-state index in [1.54, 1.807) is 20.7 Å². The second kappa shape index (κ2) is 8.44. The van der Waals surface area contributed by atoms with Crippen molar-refractivity contribution in [3.05, 3.63) is 70.8 Å². The Bertz CT molecular complexity index is 1430. The van der Waals surface area contributed by atoms with Crippen LogP contribution in [0.5, 0.6) is 0 Å². The van der Waals surface area contributed by atoms with Crippen molar-refractivity contribution in [2.75, 3.05) is 0 Å². The zero-order valence-electron chi connectivity index (χ0n) is 17.9. The number of fused-ring (bicyclic) bond motifs is 2. The molecule has 1 amide bonds. The molecule has 0 atom stereocenters. The van der Waals surface area contributed by atoms with E-state index in [2.05, 4.69) is 37.9 Å². The number of aromatic amines is 2. The van der Waals surface area contributed by atoms with E-state index in [1.165, 1.54) is 6.07 Å². The Morgan fingerprint density at radius 3 is 2.47 bits per heavy atom. The topological polar surface area (TPSA) is 172 Å². The first-order valence-corrected chi connectivity index (χ1v) is 10.4. The molecule has 2 aliphatic rings. The molecule has 5 heterocycles. The number of amides is 1. The maximum Gasteiger partial charge on any atom is 0.269 e. The van der Waals surface area contributed by atoms with Crippen LogP contribution in [0.15, 0.2) is 42.6 Å². The number of aromatic nitrogens is 6. The molecule has 168 valence electrons. The maximum absolute atomic E-state index is 11.0. The SMILES string of the molecule is N#CN1Cc2[nH]nc(-c3ccccc3)c2C1.N#CN1Cc2cnn(-c3cc(C(N)=O)n[nH]3)c2C1. The fraction of sp³-hybridized carbons (Fsp3) is 0.182. The van der Waals surface area contributed by atoms with Gasteiger partial charge in [-0.15, -0.1) is 0 Å². The largest absolute Gasteiger partial charge is 0.364 e. The van der Waals surface area contributed by atoms with Gasteiger partial charge in [0.2, 0.25) is 0 Å². The van der Waals surface area contributed by atoms with E-state index in [-0.39, 0.29) is 5.69 Å². The molecular weight excluding hydrogens is 434 g/mol. The number of hydrogen-bond acceptors (Lipinski definition) is 8. The highest BCUT2D eigenvalue weighted by molar-refractivity contribution is 5.91. The summed E-state index contributed by atoms with van der Waals surface area (Å²) in [5.41, 5.74) is 11.5. The van der Waals surface area contributed by atoms with Gasteiger partial charge in [0.1, 0.15) is 0 Å². The van der Waals surface area contributed by atoms with Crippen molar-refractivity contribution in [3.63, 3.8) is 0 Å². The van der Waals surface area contributed by atoms with Gasteiger partial charge in [-0.05, 0) is 0 Å². The van der Waals surface area contributed by atoms with Gasteiger partial charge in [0.25, 0.3) is 5.91 Å². The van der Waals surface area contributed by atoms with E-state index in [0.29, 0.717) is 32.0 Å². The van der Waals surface area contributed by atoms with Crippen LogP contribution in [-0.4, -0.2) is 45.9 Å². The normalized spacial score (nSPS) is 13.5. The highest BCUT2D eigenvalue weighted by Gasteiger charge is 2.25. The average Bonchev–Trinajstić information content (AvgIpc) is 3.65. The number of hydrogen-bond donors (Lipinski definition) is 3. The molecule has 0 unspecified atom stereocenters. The van der Waals surface area contributed by atoms with Crippen LogP contribution in [-0.2, 0) is 26.2 Å². The summed E-state index contributed by atoms with van der Waals surface area (Å²) in [6.07, 6.45) is 5.96. The van der Waals surface area contributed by atoms with Gasteiger partial charge in [0.05, 0.1) is 49.5 Å². The molecule has 0 spiro atoms. The number of primary amides is 1. The molecular formula is C22H19N11O. The lowest BCUT2D eigenvalue weighted by molar-refractivity contribution is 0.0995. The first-order valence-electron chi connectivity index (χ1n) is 10.4. The Kier molecular flexibility index (Phi) is 5.16. The molecule has 2 aliphatic heterocycles. The molecule has 12 heteroatoms. The monoisotopic (exact) mass is 453 g/mol. The van der Waals surface area contributed by atoms with Crippen molar-refractivity contribution < 1.29 is 4.79 Å². The Balaban J connectivity index is 0.000000142. The molecule has 3 aromatic heterocycles. The van der Waals surface area contributed by atoms with Gasteiger partial charge in [-0.3, -0.25) is 15.0 Å². The first-order chi connectivity index (χ1) is 16.6. The quantitative estimate of drug-likeness (QED) is 0.390. The zero-order valence-corrected chi connectivity index (χ0v) is 17.9. The third kappa shape index (κ3) is 3.69. The van der Waals surface area contributed by atoms with Crippen molar-refractivity contribution in [1.82, 2.24) is 40.0 Å². The molecule has 4 N–H and O–H groups in total. The molecule has 4 aromatic rings. The Morgan fingerprint density at radius 2 is 1.76 bits per heavy atom. The van der Waals surface area contributed by atoms with E-state index in [0.717, 1.165) is 33.8 Å². The number of H-pyrrole nitrogens is 2. The summed E-state index contributed by atoms with van der Waals surface area (Å²) in [6, 6.07) is 11.6. The van der Waals surface area contributed by atoms with Crippen LogP contribution in [0.3, 0.4) is 0 Å². The fourth-order valence-corrected chi connectivity index (χ4v) is 4.02. The van der Waals surface area contributed by atoms with Crippen molar-refractivity contribution in [2.45, 2.75) is 26.2 Å². The Morgan fingerprint density at radius 1 is 1.00 bits per heavy atom. The molecule has 0 aliphatic carbocycles. The number of benzene rings is 1. The van der Waals surface area contributed by atoms with Gasteiger partial charge in [0.15, 0.2) is 23.9 Å². The van der Waals surface area contributed by atoms with E-state index in [9.17, 15) is 4.79 Å². The van der Waals surface area contributed by atoms with Gasteiger partial charge in [0, 0.05) is 22.8 Å². The number of nitriles is 2. The second-order valence-electron chi connectivity index (χ2n) is 7.84. The summed E-state index contributed by atoms with van der Waals surface area (Å²) in [4.78, 5) is 14.3. The second-order valence-corrected chi connectivity index (χ2v) is 7.84. The molecule has 0 bridgehead atoms. The minimum Gasteiger partial charge on any atom is -0.364 e. The van der Waals surface area contributed by atoms with Crippen LogP contribution in [0, 0.1) is 22.9 Å². The minimum absolute atomic E-state index is 0.157. The minimum atomic E-state index is -0.597. The summed E-state index contributed by atoms with van der Waals surface area (Å²) in [5, 5.41) is 35.7. The summed E-state index contributed by atoms with van der Waals surface area (Å²) in [7, 11) is 0. The predicted octanol–water partition coefficient (Wildman–Crippen LogP) is 1.36. The lowest BCUT2D eigenvalue weighted by atomic mass is 10.1. The van der Waals surface area contributed by atoms with Crippen molar-refractivity contribution in [1.29, 1.82) is 10.5 Å². The van der Waals surface area contributed by atoms with Crippen molar-refractivity contribution in [3.8, 4) is 29.5 Å². The van der Waals surface area contributed by atoms with Crippen LogP contribution < -0.4 is 5.73 Å².